The van der Waals surface area contributed by atoms with Crippen molar-refractivity contribution in [1.29, 1.82) is 0 Å². The number of hydrogen-bond donors (Lipinski definition) is 7. The van der Waals surface area contributed by atoms with E-state index in [1.165, 1.54) is 4.90 Å². The van der Waals surface area contributed by atoms with Crippen molar-refractivity contribution in [3.63, 3.8) is 0 Å². The lowest BCUT2D eigenvalue weighted by Gasteiger charge is -2.28. The molecule has 0 spiro atoms. The fraction of sp³-hybridized carbons (Fsp3) is 0.457. The fourth-order valence-electron chi connectivity index (χ4n) is 5.60. The van der Waals surface area contributed by atoms with Crippen LogP contribution in [-0.2, 0) is 35.2 Å². The van der Waals surface area contributed by atoms with Crippen LogP contribution in [0.15, 0.2) is 48.5 Å². The summed E-state index contributed by atoms with van der Waals surface area (Å²) in [6.07, 6.45) is 1.76. The molecule has 1 saturated heterocycles. The molecule has 0 aromatic heterocycles. The summed E-state index contributed by atoms with van der Waals surface area (Å²) in [7, 11) is 0. The summed E-state index contributed by atoms with van der Waals surface area (Å²) in [5.74, 6) is -4.66. The number of carbonyl (C=O) groups excluding carboxylic acids is 6. The Labute approximate surface area is 291 Å². The van der Waals surface area contributed by atoms with E-state index in [0.717, 1.165) is 5.56 Å². The molecule has 50 heavy (non-hydrogen) atoms. The number of primary amides is 1. The first kappa shape index (κ1) is 39.0. The number of nitrogens with two attached hydrogens (primary N) is 1. The normalized spacial score (nSPS) is 15.6. The van der Waals surface area contributed by atoms with Crippen LogP contribution in [0, 0.1) is 6.92 Å². The van der Waals surface area contributed by atoms with E-state index in [0.29, 0.717) is 49.2 Å². The fourth-order valence-corrected chi connectivity index (χ4v) is 5.60. The van der Waals surface area contributed by atoms with Crippen molar-refractivity contribution in [2.75, 3.05) is 17.2 Å². The van der Waals surface area contributed by atoms with Gasteiger partial charge < -0.3 is 42.3 Å². The number of likely N-dealkylation sites (tertiary alicyclic amines) is 1. The molecule has 2 aromatic carbocycles. The minimum absolute atomic E-state index is 0.0896. The summed E-state index contributed by atoms with van der Waals surface area (Å²) in [5.41, 5.74) is 8.13. The maximum absolute atomic E-state index is 13.4. The Hall–Kier alpha value is -5.47. The standard InChI is InChI=1S/C35H47N7O8/c1-4-6-11-26(38-29(43)19-22-14-16-23(17-15-22)37-35(50)41-25-12-8-7-10-21(25)3)32(47)40-27(20-30(44)45)33(48)39-24(5-2)34(49)42-18-9-13-28(42)31(36)46/h7-8,10,12,14-17,24,26-28H,4-6,9,11,13,18-20H2,1-3H3,(H2,36,46)(H,38,43)(H,39,48)(H,40,47)(H,44,45)(H2,37,41,50)/t24-,26-,27-,28-/m0/s1. The number of unbranched alkanes of at least 4 members (excludes halogenated alkanes) is 1. The number of carboxylic acid groups (broad SMARTS) is 1. The first-order valence-corrected chi connectivity index (χ1v) is 16.8. The number of aryl methyl sites for hydroxylation is 1. The van der Waals surface area contributed by atoms with Crippen LogP contribution in [0.3, 0.4) is 0 Å². The van der Waals surface area contributed by atoms with Gasteiger partial charge in [0.1, 0.15) is 24.2 Å². The molecule has 15 heteroatoms. The minimum atomic E-state index is -1.54. The number of nitrogens with zero attached hydrogens (tertiary/aromatic N) is 1. The lowest BCUT2D eigenvalue weighted by Crippen LogP contribution is -2.58. The van der Waals surface area contributed by atoms with Gasteiger partial charge in [-0.3, -0.25) is 28.8 Å². The zero-order valence-electron chi connectivity index (χ0n) is 28.6. The largest absolute Gasteiger partial charge is 0.481 e. The third-order valence-electron chi connectivity index (χ3n) is 8.37. The highest BCUT2D eigenvalue weighted by Crippen LogP contribution is 2.19. The third-order valence-corrected chi connectivity index (χ3v) is 8.37. The zero-order chi connectivity index (χ0) is 36.8. The number of aliphatic carboxylic acids is 1. The van der Waals surface area contributed by atoms with Gasteiger partial charge in [-0.2, -0.15) is 0 Å². The Morgan fingerprint density at radius 3 is 2.16 bits per heavy atom. The Kier molecular flexibility index (Phi) is 14.7. The van der Waals surface area contributed by atoms with Crippen LogP contribution < -0.4 is 32.3 Å². The van der Waals surface area contributed by atoms with Gasteiger partial charge in [-0.1, -0.05) is 57.0 Å². The second kappa shape index (κ2) is 18.9. The van der Waals surface area contributed by atoms with Crippen LogP contribution in [0.5, 0.6) is 0 Å². The van der Waals surface area contributed by atoms with Crippen molar-refractivity contribution in [3.05, 3.63) is 59.7 Å². The van der Waals surface area contributed by atoms with Gasteiger partial charge in [-0.05, 0) is 61.9 Å². The molecule has 1 fully saturated rings. The molecule has 15 nitrogen and oxygen atoms in total. The number of urea groups is 1. The van der Waals surface area contributed by atoms with Crippen LogP contribution in [0.2, 0.25) is 0 Å². The van der Waals surface area contributed by atoms with Crippen LogP contribution >= 0.6 is 0 Å². The molecule has 0 aliphatic carbocycles. The van der Waals surface area contributed by atoms with Gasteiger partial charge in [0, 0.05) is 17.9 Å². The number of hydrogen-bond acceptors (Lipinski definition) is 7. The first-order chi connectivity index (χ1) is 23.8. The molecule has 3 rings (SSSR count). The highest BCUT2D eigenvalue weighted by atomic mass is 16.4. The molecule has 1 aliphatic heterocycles. The highest BCUT2D eigenvalue weighted by molar-refractivity contribution is 6.00. The van der Waals surface area contributed by atoms with E-state index < -0.39 is 72.1 Å². The number of benzene rings is 2. The summed E-state index contributed by atoms with van der Waals surface area (Å²) in [6, 6.07) is 9.05. The Morgan fingerprint density at radius 1 is 0.880 bits per heavy atom. The molecule has 4 atom stereocenters. The Bertz CT molecular complexity index is 1550. The molecule has 0 saturated carbocycles. The van der Waals surface area contributed by atoms with E-state index in [9.17, 15) is 38.7 Å². The predicted octanol–water partition coefficient (Wildman–Crippen LogP) is 2.19. The van der Waals surface area contributed by atoms with Crippen molar-refractivity contribution in [3.8, 4) is 0 Å². The Morgan fingerprint density at radius 2 is 1.54 bits per heavy atom. The van der Waals surface area contributed by atoms with Gasteiger partial charge in [0.2, 0.25) is 29.5 Å². The van der Waals surface area contributed by atoms with E-state index in [2.05, 4.69) is 26.6 Å². The molecule has 270 valence electrons. The lowest BCUT2D eigenvalue weighted by atomic mass is 10.1. The van der Waals surface area contributed by atoms with E-state index in [1.54, 1.807) is 37.3 Å². The zero-order valence-corrected chi connectivity index (χ0v) is 28.6. The number of para-hydroxylation sites is 1. The average Bonchev–Trinajstić information content (AvgIpc) is 3.57. The lowest BCUT2D eigenvalue weighted by molar-refractivity contribution is -0.143. The second-order valence-corrected chi connectivity index (χ2v) is 12.3. The Balaban J connectivity index is 1.62. The van der Waals surface area contributed by atoms with Crippen LogP contribution in [0.25, 0.3) is 0 Å². The van der Waals surface area contributed by atoms with Gasteiger partial charge >= 0.3 is 12.0 Å². The van der Waals surface area contributed by atoms with Crippen LogP contribution in [0.4, 0.5) is 16.2 Å². The van der Waals surface area contributed by atoms with Gasteiger partial charge in [0.15, 0.2) is 0 Å². The van der Waals surface area contributed by atoms with E-state index >= 15 is 0 Å². The summed E-state index contributed by atoms with van der Waals surface area (Å²) < 4.78 is 0. The molecule has 8 N–H and O–H groups in total. The number of nitrogens with one attached hydrogen (secondary N) is 5. The van der Waals surface area contributed by atoms with Crippen molar-refractivity contribution in [1.82, 2.24) is 20.9 Å². The number of amides is 7. The van der Waals surface area contributed by atoms with E-state index in [1.807, 2.05) is 32.0 Å². The van der Waals surface area contributed by atoms with Crippen molar-refractivity contribution < 1.29 is 38.7 Å². The van der Waals surface area contributed by atoms with E-state index in [-0.39, 0.29) is 19.3 Å². The number of carbonyl (C=O) groups is 7. The quantitative estimate of drug-likeness (QED) is 0.130. The number of carboxylic acids is 1. The summed E-state index contributed by atoms with van der Waals surface area (Å²) in [5, 5.41) is 22.7. The third kappa shape index (κ3) is 11.6. The number of rotatable bonds is 17. The summed E-state index contributed by atoms with van der Waals surface area (Å²) in [4.78, 5) is 90.0. The SMILES string of the molecule is CCCC[C@H](NC(=O)Cc1ccc(NC(=O)Nc2ccccc2C)cc1)C(=O)N[C@@H](CC(=O)O)C(=O)N[C@@H](CC)C(=O)N1CCC[C@H]1C(N)=O. The van der Waals surface area contributed by atoms with Gasteiger partial charge in [0.25, 0.3) is 0 Å². The summed E-state index contributed by atoms with van der Waals surface area (Å²) >= 11 is 0. The molecule has 0 bridgehead atoms. The number of anilines is 2. The van der Waals surface area contributed by atoms with Crippen LogP contribution in [0.1, 0.15) is 69.9 Å². The summed E-state index contributed by atoms with van der Waals surface area (Å²) in [6.45, 7) is 5.72. The van der Waals surface area contributed by atoms with Crippen molar-refractivity contribution in [2.45, 2.75) is 96.3 Å². The van der Waals surface area contributed by atoms with Crippen molar-refractivity contribution in [2.24, 2.45) is 5.73 Å². The topological polar surface area (TPSA) is 229 Å². The first-order valence-electron chi connectivity index (χ1n) is 16.8. The van der Waals surface area contributed by atoms with Gasteiger partial charge in [0.05, 0.1) is 12.8 Å². The van der Waals surface area contributed by atoms with Gasteiger partial charge in [-0.25, -0.2) is 4.79 Å². The molecule has 0 unspecified atom stereocenters. The maximum Gasteiger partial charge on any atom is 0.323 e. The molecular weight excluding hydrogens is 646 g/mol. The highest BCUT2D eigenvalue weighted by Gasteiger charge is 2.37. The molecule has 2 aromatic rings. The maximum atomic E-state index is 13.4. The molecule has 1 aliphatic rings. The van der Waals surface area contributed by atoms with Crippen LogP contribution in [-0.4, -0.2) is 82.3 Å². The predicted molar refractivity (Wildman–Crippen MR) is 186 cm³/mol. The average molecular weight is 694 g/mol. The minimum Gasteiger partial charge on any atom is -0.481 e. The molecule has 1 heterocycles. The smallest absolute Gasteiger partial charge is 0.323 e. The second-order valence-electron chi connectivity index (χ2n) is 12.3. The molecular formula is C35H47N7O8. The van der Waals surface area contributed by atoms with E-state index in [4.69, 9.17) is 5.73 Å². The molecule has 0 radical (unpaired) electrons. The molecule has 7 amide bonds. The van der Waals surface area contributed by atoms with Gasteiger partial charge in [-0.15, -0.1) is 0 Å². The van der Waals surface area contributed by atoms with Crippen molar-refractivity contribution >= 4 is 52.9 Å². The monoisotopic (exact) mass is 693 g/mol.